The molecule has 0 atom stereocenters. The Labute approximate surface area is 143 Å². The Bertz CT molecular complexity index is 785. The second-order valence-electron chi connectivity index (χ2n) is 5.13. The van der Waals surface area contributed by atoms with Gasteiger partial charge >= 0.3 is 5.97 Å². The number of halogens is 2. The summed E-state index contributed by atoms with van der Waals surface area (Å²) in [5, 5.41) is 0.0652. The third-order valence-electron chi connectivity index (χ3n) is 3.39. The summed E-state index contributed by atoms with van der Waals surface area (Å²) in [6.45, 7) is 4.93. The van der Waals surface area contributed by atoms with Gasteiger partial charge in [0.15, 0.2) is 6.61 Å². The van der Waals surface area contributed by atoms with Gasteiger partial charge in [-0.15, -0.1) is 0 Å². The third-order valence-corrected chi connectivity index (χ3v) is 3.68. The number of esters is 1. The molecule has 0 spiro atoms. The molecule has 5 nitrogen and oxygen atoms in total. The van der Waals surface area contributed by atoms with Gasteiger partial charge in [-0.05, 0) is 39.0 Å². The van der Waals surface area contributed by atoms with Crippen LogP contribution >= 0.6 is 11.6 Å². The van der Waals surface area contributed by atoms with Gasteiger partial charge in [0.25, 0.3) is 0 Å². The maximum atomic E-state index is 13.0. The Morgan fingerprint density at radius 2 is 1.88 bits per heavy atom. The Hall–Kier alpha value is -2.34. The largest absolute Gasteiger partial charge is 0.484 e. The Morgan fingerprint density at radius 3 is 2.50 bits per heavy atom. The Balaban J connectivity index is 2.22. The van der Waals surface area contributed by atoms with Crippen molar-refractivity contribution in [3.8, 4) is 5.75 Å². The fourth-order valence-corrected chi connectivity index (χ4v) is 2.62. The van der Waals surface area contributed by atoms with Gasteiger partial charge in [0.1, 0.15) is 11.6 Å². The normalized spacial score (nSPS) is 10.5. The number of ketones is 1. The van der Waals surface area contributed by atoms with E-state index in [2.05, 4.69) is 4.98 Å². The Kier molecular flexibility index (Phi) is 5.62. The van der Waals surface area contributed by atoms with Gasteiger partial charge < -0.3 is 14.5 Å². The molecule has 1 heterocycles. The van der Waals surface area contributed by atoms with Crippen LogP contribution in [0.2, 0.25) is 5.02 Å². The minimum Gasteiger partial charge on any atom is -0.484 e. The van der Waals surface area contributed by atoms with Crippen LogP contribution in [0.1, 0.15) is 39.0 Å². The monoisotopic (exact) mass is 353 g/mol. The summed E-state index contributed by atoms with van der Waals surface area (Å²) < 4.78 is 23.4. The lowest BCUT2D eigenvalue weighted by Crippen LogP contribution is -2.17. The van der Waals surface area contributed by atoms with Crippen LogP contribution in [0.4, 0.5) is 4.39 Å². The average molecular weight is 354 g/mol. The minimum absolute atomic E-state index is 0.0652. The molecule has 0 fully saturated rings. The number of ether oxygens (including phenoxy) is 2. The predicted octanol–water partition coefficient (Wildman–Crippen LogP) is 3.86. The zero-order chi connectivity index (χ0) is 17.9. The number of H-pyrrole nitrogens is 1. The lowest BCUT2D eigenvalue weighted by atomic mass is 10.1. The van der Waals surface area contributed by atoms with Gasteiger partial charge in [-0.25, -0.2) is 9.18 Å². The van der Waals surface area contributed by atoms with Crippen molar-refractivity contribution in [1.82, 2.24) is 4.98 Å². The van der Waals surface area contributed by atoms with E-state index in [9.17, 15) is 14.0 Å². The van der Waals surface area contributed by atoms with E-state index in [0.717, 1.165) is 6.07 Å². The first-order valence-electron chi connectivity index (χ1n) is 7.32. The summed E-state index contributed by atoms with van der Waals surface area (Å²) in [7, 11) is 0. The van der Waals surface area contributed by atoms with Crippen molar-refractivity contribution in [1.29, 1.82) is 0 Å². The third kappa shape index (κ3) is 3.76. The van der Waals surface area contributed by atoms with Crippen LogP contribution in [-0.4, -0.2) is 30.0 Å². The molecule has 0 aliphatic rings. The molecule has 0 aliphatic carbocycles. The van der Waals surface area contributed by atoms with Crippen LogP contribution in [-0.2, 0) is 4.74 Å². The van der Waals surface area contributed by atoms with E-state index in [1.165, 1.54) is 12.1 Å². The number of rotatable bonds is 6. The standard InChI is InChI=1S/C17H17ClFNO4/c1-4-23-17(22)16-10(3)20-9(2)15(16)13(21)8-24-14-6-5-11(19)7-12(14)18/h5-7,20H,4,8H2,1-3H3. The second kappa shape index (κ2) is 7.49. The fraction of sp³-hybridized carbons (Fsp3) is 0.294. The lowest BCUT2D eigenvalue weighted by molar-refractivity contribution is 0.0522. The highest BCUT2D eigenvalue weighted by molar-refractivity contribution is 6.32. The summed E-state index contributed by atoms with van der Waals surface area (Å²) in [6.07, 6.45) is 0. The summed E-state index contributed by atoms with van der Waals surface area (Å²) in [5.41, 5.74) is 1.53. The molecular formula is C17H17ClFNO4. The zero-order valence-corrected chi connectivity index (χ0v) is 14.3. The van der Waals surface area contributed by atoms with Gasteiger partial charge in [-0.1, -0.05) is 11.6 Å². The summed E-state index contributed by atoms with van der Waals surface area (Å²) >= 11 is 5.86. The quantitative estimate of drug-likeness (QED) is 0.632. The summed E-state index contributed by atoms with van der Waals surface area (Å²) in [5.74, 6) is -1.28. The summed E-state index contributed by atoms with van der Waals surface area (Å²) in [6, 6.07) is 3.62. The molecule has 0 bridgehead atoms. The number of aryl methyl sites for hydroxylation is 2. The Morgan fingerprint density at radius 1 is 1.21 bits per heavy atom. The highest BCUT2D eigenvalue weighted by atomic mass is 35.5. The lowest BCUT2D eigenvalue weighted by Gasteiger charge is -2.09. The molecule has 0 saturated heterocycles. The van der Waals surface area contributed by atoms with Crippen LogP contribution in [0, 0.1) is 19.7 Å². The van der Waals surface area contributed by atoms with E-state index in [1.54, 1.807) is 20.8 Å². The molecule has 0 amide bonds. The van der Waals surface area contributed by atoms with E-state index in [-0.39, 0.29) is 35.1 Å². The second-order valence-corrected chi connectivity index (χ2v) is 5.54. The number of Topliss-reactive ketones (excluding diaryl/α,β-unsaturated/α-hetero) is 1. The molecule has 0 saturated carbocycles. The van der Waals surface area contributed by atoms with Crippen LogP contribution in [0.5, 0.6) is 5.75 Å². The minimum atomic E-state index is -0.567. The van der Waals surface area contributed by atoms with Crippen molar-refractivity contribution >= 4 is 23.4 Å². The van der Waals surface area contributed by atoms with Crippen molar-refractivity contribution in [2.24, 2.45) is 0 Å². The van der Waals surface area contributed by atoms with Crippen molar-refractivity contribution in [3.05, 3.63) is 51.6 Å². The fourth-order valence-electron chi connectivity index (χ4n) is 2.40. The molecule has 0 radical (unpaired) electrons. The van der Waals surface area contributed by atoms with E-state index < -0.39 is 17.6 Å². The van der Waals surface area contributed by atoms with E-state index in [4.69, 9.17) is 21.1 Å². The van der Waals surface area contributed by atoms with Gasteiger partial charge in [0.2, 0.25) is 5.78 Å². The number of benzene rings is 1. The number of aromatic amines is 1. The van der Waals surface area contributed by atoms with Crippen molar-refractivity contribution in [3.63, 3.8) is 0 Å². The first-order valence-corrected chi connectivity index (χ1v) is 7.70. The molecule has 7 heteroatoms. The maximum absolute atomic E-state index is 13.0. The highest BCUT2D eigenvalue weighted by Crippen LogP contribution is 2.26. The van der Waals surface area contributed by atoms with Crippen molar-refractivity contribution < 1.29 is 23.5 Å². The SMILES string of the molecule is CCOC(=O)c1c(C)[nH]c(C)c1C(=O)COc1ccc(F)cc1Cl. The summed E-state index contributed by atoms with van der Waals surface area (Å²) in [4.78, 5) is 27.5. The van der Waals surface area contributed by atoms with Gasteiger partial charge in [-0.3, -0.25) is 4.79 Å². The number of carbonyl (C=O) groups excluding carboxylic acids is 2. The van der Waals surface area contributed by atoms with Crippen molar-refractivity contribution in [2.45, 2.75) is 20.8 Å². The number of nitrogens with one attached hydrogen (secondary N) is 1. The van der Waals surface area contributed by atoms with Crippen LogP contribution in [0.25, 0.3) is 0 Å². The average Bonchev–Trinajstić information content (AvgIpc) is 2.80. The number of carbonyl (C=O) groups is 2. The molecule has 0 aliphatic heterocycles. The smallest absolute Gasteiger partial charge is 0.340 e. The topological polar surface area (TPSA) is 68.4 Å². The number of hydrogen-bond donors (Lipinski definition) is 1. The van der Waals surface area contributed by atoms with Crippen molar-refractivity contribution in [2.75, 3.05) is 13.2 Å². The molecule has 0 unspecified atom stereocenters. The number of aromatic nitrogens is 1. The van der Waals surface area contributed by atoms with Gasteiger partial charge in [0.05, 0.1) is 22.8 Å². The zero-order valence-electron chi connectivity index (χ0n) is 13.5. The van der Waals surface area contributed by atoms with Gasteiger partial charge in [-0.2, -0.15) is 0 Å². The van der Waals surface area contributed by atoms with E-state index >= 15 is 0 Å². The number of hydrogen-bond acceptors (Lipinski definition) is 4. The first-order chi connectivity index (χ1) is 11.3. The van der Waals surface area contributed by atoms with Gasteiger partial charge in [0, 0.05) is 11.4 Å². The molecule has 128 valence electrons. The molecule has 24 heavy (non-hydrogen) atoms. The molecule has 2 aromatic rings. The predicted molar refractivity (Wildman–Crippen MR) is 87.5 cm³/mol. The van der Waals surface area contributed by atoms with E-state index in [1.807, 2.05) is 0 Å². The van der Waals surface area contributed by atoms with Crippen LogP contribution < -0.4 is 4.74 Å². The molecule has 1 aromatic carbocycles. The molecule has 1 N–H and O–H groups in total. The molecule has 1 aromatic heterocycles. The van der Waals surface area contributed by atoms with E-state index in [0.29, 0.717) is 11.4 Å². The molecular weight excluding hydrogens is 337 g/mol. The van der Waals surface area contributed by atoms with Crippen LogP contribution in [0.15, 0.2) is 18.2 Å². The first kappa shape index (κ1) is 18.0. The molecule has 2 rings (SSSR count). The maximum Gasteiger partial charge on any atom is 0.340 e. The highest BCUT2D eigenvalue weighted by Gasteiger charge is 2.25. The van der Waals surface area contributed by atoms with Crippen LogP contribution in [0.3, 0.4) is 0 Å².